The van der Waals surface area contributed by atoms with Gasteiger partial charge >= 0.3 is 0 Å². The highest BCUT2D eigenvalue weighted by Crippen LogP contribution is 2.29. The molecule has 1 aliphatic heterocycles. The number of hydrogen-bond donors (Lipinski definition) is 3. The Morgan fingerprint density at radius 2 is 1.53 bits per heavy atom. The maximum Gasteiger partial charge on any atom is 0.259 e. The number of benzene rings is 5. The highest BCUT2D eigenvalue weighted by Gasteiger charge is 2.23. The van der Waals surface area contributed by atoms with E-state index >= 15 is 0 Å². The molecule has 1 amide bonds. The van der Waals surface area contributed by atoms with E-state index in [-0.39, 0.29) is 42.7 Å². The van der Waals surface area contributed by atoms with Gasteiger partial charge in [0.25, 0.3) is 5.91 Å². The van der Waals surface area contributed by atoms with Gasteiger partial charge in [-0.15, -0.1) is 24.8 Å². The molecular formula is C36H37Cl2N5O2. The third-order valence-electron chi connectivity index (χ3n) is 8.19. The third kappa shape index (κ3) is 7.39. The van der Waals surface area contributed by atoms with E-state index in [4.69, 9.17) is 21.3 Å². The van der Waals surface area contributed by atoms with Crippen molar-refractivity contribution in [1.82, 2.24) is 4.90 Å². The van der Waals surface area contributed by atoms with Gasteiger partial charge in [0, 0.05) is 42.7 Å². The summed E-state index contributed by atoms with van der Waals surface area (Å²) in [6.45, 7) is 3.84. The van der Waals surface area contributed by atoms with Crippen LogP contribution in [0.15, 0.2) is 103 Å². The van der Waals surface area contributed by atoms with Crippen LogP contribution in [0.1, 0.15) is 41.3 Å². The van der Waals surface area contributed by atoms with Gasteiger partial charge in [-0.05, 0) is 76.5 Å². The van der Waals surface area contributed by atoms with Crippen LogP contribution in [0, 0.1) is 10.8 Å². The number of rotatable bonds is 7. The molecule has 4 N–H and O–H groups in total. The molecule has 0 atom stereocenters. The molecule has 0 saturated carbocycles. The van der Waals surface area contributed by atoms with Crippen molar-refractivity contribution in [3.8, 4) is 5.75 Å². The maximum atomic E-state index is 14.3. The van der Waals surface area contributed by atoms with Crippen LogP contribution < -0.4 is 15.4 Å². The molecule has 7 nitrogen and oxygen atoms in total. The molecule has 1 fully saturated rings. The molecule has 0 aromatic heterocycles. The Balaban J connectivity index is 0.00000230. The molecule has 0 radical (unpaired) electrons. The predicted molar refractivity (Wildman–Crippen MR) is 189 cm³/mol. The topological polar surface area (TPSA) is 106 Å². The molecule has 0 spiro atoms. The summed E-state index contributed by atoms with van der Waals surface area (Å²) >= 11 is 0. The van der Waals surface area contributed by atoms with Crippen LogP contribution in [-0.2, 0) is 6.54 Å². The lowest BCUT2D eigenvalue weighted by Crippen LogP contribution is -2.40. The smallest absolute Gasteiger partial charge is 0.259 e. The van der Waals surface area contributed by atoms with Crippen LogP contribution in [-0.4, -0.2) is 41.7 Å². The van der Waals surface area contributed by atoms with E-state index in [1.165, 1.54) is 0 Å². The van der Waals surface area contributed by atoms with Crippen molar-refractivity contribution in [2.75, 3.05) is 18.0 Å². The molecule has 45 heavy (non-hydrogen) atoms. The fourth-order valence-electron chi connectivity index (χ4n) is 5.79. The number of carbonyl (C=O) groups is 1. The molecule has 6 rings (SSSR count). The first kappa shape index (κ1) is 33.3. The zero-order valence-corrected chi connectivity index (χ0v) is 26.7. The second-order valence-corrected chi connectivity index (χ2v) is 11.1. The number of likely N-dealkylation sites (tertiary alicyclic amines) is 1. The summed E-state index contributed by atoms with van der Waals surface area (Å²) in [4.78, 5) is 18.2. The summed E-state index contributed by atoms with van der Waals surface area (Å²) in [7, 11) is 0. The van der Waals surface area contributed by atoms with E-state index < -0.39 is 0 Å². The number of nitrogens with two attached hydrogens (primary N) is 1. The number of carbonyl (C=O) groups excluding carboxylic acids is 1. The van der Waals surface area contributed by atoms with Gasteiger partial charge < -0.3 is 20.3 Å². The SMILES string of the molecule is CC(=N)N1CCC(Oc2ccc(N(Cc3ccc4ccc(C(=N)N)cc4c3)C(=O)c3cccc4ccccc34)cc2)CC1.Cl.Cl. The first-order chi connectivity index (χ1) is 20.9. The number of nitrogen functional groups attached to an aromatic ring is 1. The van der Waals surface area contributed by atoms with Crippen LogP contribution in [0.3, 0.4) is 0 Å². The standard InChI is InChI=1S/C36H35N5O2.2ClH/c1-24(37)40-19-17-32(18-20-40)43-31-15-13-30(14-16-31)41(36(42)34-8-4-6-27-5-2-3-7-33(27)34)23-25-9-10-26-11-12-28(35(38)39)22-29(26)21-25;;/h2-16,21-22,32,37H,17-20,23H2,1H3,(H3,38,39);2*1H. The number of nitrogens with one attached hydrogen (secondary N) is 2. The summed E-state index contributed by atoms with van der Waals surface area (Å²) in [5.74, 6) is 1.31. The minimum absolute atomic E-state index is 0. The van der Waals surface area contributed by atoms with Gasteiger partial charge in [0.05, 0.1) is 12.4 Å². The second-order valence-electron chi connectivity index (χ2n) is 11.1. The van der Waals surface area contributed by atoms with Crippen molar-refractivity contribution < 1.29 is 9.53 Å². The second kappa shape index (κ2) is 14.5. The van der Waals surface area contributed by atoms with E-state index in [2.05, 4.69) is 11.0 Å². The summed E-state index contributed by atoms with van der Waals surface area (Å²) in [5.41, 5.74) is 8.80. The van der Waals surface area contributed by atoms with Gasteiger partial charge in [-0.1, -0.05) is 60.7 Å². The fourth-order valence-corrected chi connectivity index (χ4v) is 5.79. The summed E-state index contributed by atoms with van der Waals surface area (Å²) < 4.78 is 6.29. The lowest BCUT2D eigenvalue weighted by Gasteiger charge is -2.33. The average molecular weight is 643 g/mol. The number of amidine groups is 2. The van der Waals surface area contributed by atoms with Gasteiger partial charge in [0.2, 0.25) is 0 Å². The van der Waals surface area contributed by atoms with Crippen LogP contribution in [0.4, 0.5) is 5.69 Å². The number of hydrogen-bond acceptors (Lipinski definition) is 4. The van der Waals surface area contributed by atoms with Gasteiger partial charge in [0.1, 0.15) is 17.7 Å². The number of ether oxygens (including phenoxy) is 1. The Labute approximate surface area is 275 Å². The molecule has 1 saturated heterocycles. The molecule has 1 aliphatic rings. The van der Waals surface area contributed by atoms with Gasteiger partial charge in [-0.25, -0.2) is 0 Å². The lowest BCUT2D eigenvalue weighted by atomic mass is 10.0. The van der Waals surface area contributed by atoms with Crippen LogP contribution in [0.2, 0.25) is 0 Å². The Hall–Kier alpha value is -4.59. The van der Waals surface area contributed by atoms with Crippen molar-refractivity contribution in [2.45, 2.75) is 32.4 Å². The minimum atomic E-state index is -0.0857. The monoisotopic (exact) mass is 641 g/mol. The Bertz CT molecular complexity index is 1830. The van der Waals surface area contributed by atoms with Crippen molar-refractivity contribution in [3.05, 3.63) is 120 Å². The van der Waals surface area contributed by atoms with Gasteiger partial charge in [-0.3, -0.25) is 15.6 Å². The van der Waals surface area contributed by atoms with Crippen LogP contribution in [0.25, 0.3) is 21.5 Å². The van der Waals surface area contributed by atoms with Crippen molar-refractivity contribution in [1.29, 1.82) is 10.8 Å². The third-order valence-corrected chi connectivity index (χ3v) is 8.19. The van der Waals surface area contributed by atoms with Crippen LogP contribution in [0.5, 0.6) is 5.75 Å². The maximum absolute atomic E-state index is 14.3. The predicted octanol–water partition coefficient (Wildman–Crippen LogP) is 7.81. The number of halogens is 2. The van der Waals surface area contributed by atoms with Gasteiger partial charge in [-0.2, -0.15) is 0 Å². The van der Waals surface area contributed by atoms with Crippen molar-refractivity contribution >= 4 is 69.6 Å². The van der Waals surface area contributed by atoms with E-state index in [0.717, 1.165) is 64.5 Å². The molecule has 0 bridgehead atoms. The molecule has 1 heterocycles. The first-order valence-corrected chi connectivity index (χ1v) is 14.6. The van der Waals surface area contributed by atoms with Crippen molar-refractivity contribution in [3.63, 3.8) is 0 Å². The number of fused-ring (bicyclic) bond motifs is 2. The Kier molecular flexibility index (Phi) is 10.7. The zero-order valence-electron chi connectivity index (χ0n) is 25.0. The zero-order chi connectivity index (χ0) is 29.9. The van der Waals surface area contributed by atoms with E-state index in [1.54, 1.807) is 0 Å². The molecular weight excluding hydrogens is 605 g/mol. The lowest BCUT2D eigenvalue weighted by molar-refractivity contribution is 0.0986. The number of piperidine rings is 1. The summed E-state index contributed by atoms with van der Waals surface area (Å²) in [6, 6.07) is 33.4. The average Bonchev–Trinajstić information content (AvgIpc) is 3.03. The molecule has 5 aromatic carbocycles. The molecule has 0 unspecified atom stereocenters. The molecule has 9 heteroatoms. The van der Waals surface area contributed by atoms with Crippen molar-refractivity contribution in [2.24, 2.45) is 5.73 Å². The highest BCUT2D eigenvalue weighted by atomic mass is 35.5. The Morgan fingerprint density at radius 3 is 2.24 bits per heavy atom. The van der Waals surface area contributed by atoms with E-state index in [0.29, 0.717) is 23.5 Å². The van der Waals surface area contributed by atoms with Crippen LogP contribution >= 0.6 is 24.8 Å². The largest absolute Gasteiger partial charge is 0.490 e. The van der Waals surface area contributed by atoms with E-state index in [1.807, 2.05) is 109 Å². The highest BCUT2D eigenvalue weighted by molar-refractivity contribution is 6.14. The Morgan fingerprint density at radius 1 is 0.844 bits per heavy atom. The summed E-state index contributed by atoms with van der Waals surface area (Å²) in [6.07, 6.45) is 1.85. The molecule has 0 aliphatic carbocycles. The van der Waals surface area contributed by atoms with Gasteiger partial charge in [0.15, 0.2) is 0 Å². The first-order valence-electron chi connectivity index (χ1n) is 14.6. The quantitative estimate of drug-likeness (QED) is 0.124. The molecule has 232 valence electrons. The number of anilines is 1. The van der Waals surface area contributed by atoms with E-state index in [9.17, 15) is 4.79 Å². The normalized spacial score (nSPS) is 13.0. The summed E-state index contributed by atoms with van der Waals surface area (Å²) in [5, 5.41) is 19.6. The fraction of sp³-hybridized carbons (Fsp3) is 0.194. The number of nitrogens with zero attached hydrogens (tertiary/aromatic N) is 2. The number of amides is 1. The minimum Gasteiger partial charge on any atom is -0.490 e. The molecule has 5 aromatic rings.